The Morgan fingerprint density at radius 1 is 1.05 bits per heavy atom. The molecule has 3 atom stereocenters. The van der Waals surface area contributed by atoms with E-state index in [4.69, 9.17) is 18.9 Å². The molecule has 2 aliphatic heterocycles. The molecule has 0 spiro atoms. The van der Waals surface area contributed by atoms with Gasteiger partial charge in [0, 0.05) is 12.3 Å². The van der Waals surface area contributed by atoms with Crippen LogP contribution in [0.25, 0.3) is 0 Å². The number of carbonyl (C=O) groups excluding carboxylic acids is 4. The fourth-order valence-electron chi connectivity index (χ4n) is 5.91. The molecule has 41 heavy (non-hydrogen) atoms. The first-order valence-electron chi connectivity index (χ1n) is 14.8. The van der Waals surface area contributed by atoms with Gasteiger partial charge < -0.3 is 18.9 Å². The first kappa shape index (κ1) is 30.8. The van der Waals surface area contributed by atoms with Crippen molar-refractivity contribution in [2.45, 2.75) is 115 Å². The Morgan fingerprint density at radius 2 is 1.73 bits per heavy atom. The molecule has 226 valence electrons. The van der Waals surface area contributed by atoms with Crippen LogP contribution in [0.3, 0.4) is 0 Å². The fourth-order valence-corrected chi connectivity index (χ4v) is 5.91. The van der Waals surface area contributed by atoms with Crippen molar-refractivity contribution in [1.82, 2.24) is 9.80 Å². The van der Waals surface area contributed by atoms with Crippen LogP contribution < -0.4 is 0 Å². The maximum Gasteiger partial charge on any atom is 0.417 e. The number of hydrogen-bond acceptors (Lipinski definition) is 8. The summed E-state index contributed by atoms with van der Waals surface area (Å²) in [5.74, 6) is -1.57. The molecule has 4 rings (SSSR count). The third-order valence-corrected chi connectivity index (χ3v) is 7.91. The summed E-state index contributed by atoms with van der Waals surface area (Å²) < 4.78 is 22.7. The lowest BCUT2D eigenvalue weighted by molar-refractivity contribution is -0.151. The van der Waals surface area contributed by atoms with Gasteiger partial charge >= 0.3 is 18.2 Å². The third kappa shape index (κ3) is 7.78. The maximum absolute atomic E-state index is 14.1. The quantitative estimate of drug-likeness (QED) is 0.286. The molecule has 0 aromatic heterocycles. The van der Waals surface area contributed by atoms with E-state index in [0.29, 0.717) is 0 Å². The van der Waals surface area contributed by atoms with Gasteiger partial charge in [0.15, 0.2) is 0 Å². The molecular weight excluding hydrogens is 528 g/mol. The fraction of sp³-hybridized carbons (Fsp3) is 0.677. The lowest BCUT2D eigenvalue weighted by atomic mass is 9.92. The van der Waals surface area contributed by atoms with Gasteiger partial charge in [-0.15, -0.1) is 0 Å². The third-order valence-electron chi connectivity index (χ3n) is 7.91. The minimum absolute atomic E-state index is 0.0230. The Balaban J connectivity index is 1.55. The van der Waals surface area contributed by atoms with Gasteiger partial charge in [0.05, 0.1) is 12.6 Å². The monoisotopic (exact) mass is 572 g/mol. The van der Waals surface area contributed by atoms with Crippen LogP contribution >= 0.6 is 0 Å². The highest BCUT2D eigenvalue weighted by atomic mass is 16.6. The van der Waals surface area contributed by atoms with E-state index in [-0.39, 0.29) is 44.5 Å². The Morgan fingerprint density at radius 3 is 2.39 bits per heavy atom. The van der Waals surface area contributed by atoms with Crippen LogP contribution in [0.15, 0.2) is 30.3 Å². The number of benzene rings is 1. The van der Waals surface area contributed by atoms with Gasteiger partial charge in [0.25, 0.3) is 0 Å². The van der Waals surface area contributed by atoms with Crippen LogP contribution in [-0.2, 0) is 28.5 Å². The highest BCUT2D eigenvalue weighted by Gasteiger charge is 2.48. The van der Waals surface area contributed by atoms with Crippen LogP contribution in [0.1, 0.15) is 97.6 Å². The normalized spacial score (nSPS) is 23.7. The van der Waals surface area contributed by atoms with Gasteiger partial charge in [-0.25, -0.2) is 14.5 Å². The number of carbonyl (C=O) groups is 4. The summed E-state index contributed by atoms with van der Waals surface area (Å²) in [6.45, 7) is 9.16. The minimum atomic E-state index is -0.959. The van der Waals surface area contributed by atoms with E-state index in [2.05, 4.69) is 0 Å². The number of ether oxygens (including phenoxy) is 4. The van der Waals surface area contributed by atoms with Gasteiger partial charge in [-0.2, -0.15) is 0 Å². The van der Waals surface area contributed by atoms with Crippen molar-refractivity contribution in [2.24, 2.45) is 5.92 Å². The van der Waals surface area contributed by atoms with E-state index < -0.39 is 47.4 Å². The first-order chi connectivity index (χ1) is 19.4. The molecule has 1 saturated carbocycles. The Labute approximate surface area is 242 Å². The maximum atomic E-state index is 14.1. The zero-order chi connectivity index (χ0) is 29.8. The smallest absolute Gasteiger partial charge is 0.417 e. The minimum Gasteiger partial charge on any atom is -0.462 e. The topological polar surface area (TPSA) is 112 Å². The number of nitrogens with zero attached hydrogens (tertiary/aromatic N) is 2. The number of rotatable bonds is 8. The molecule has 3 aliphatic rings. The Kier molecular flexibility index (Phi) is 9.62. The molecule has 0 N–H and O–H groups in total. The molecule has 3 amide bonds. The van der Waals surface area contributed by atoms with E-state index in [1.165, 1.54) is 4.90 Å². The summed E-state index contributed by atoms with van der Waals surface area (Å²) in [6, 6.07) is 8.17. The van der Waals surface area contributed by atoms with Crippen LogP contribution in [0, 0.1) is 5.92 Å². The van der Waals surface area contributed by atoms with Crippen LogP contribution in [0.4, 0.5) is 9.59 Å². The number of esters is 1. The summed E-state index contributed by atoms with van der Waals surface area (Å²) in [7, 11) is 0. The second-order valence-electron chi connectivity index (χ2n) is 12.7. The lowest BCUT2D eigenvalue weighted by Crippen LogP contribution is -2.51. The molecule has 1 aromatic rings. The van der Waals surface area contributed by atoms with Crippen molar-refractivity contribution in [3.8, 4) is 0 Å². The van der Waals surface area contributed by atoms with Crippen molar-refractivity contribution >= 4 is 24.1 Å². The van der Waals surface area contributed by atoms with Gasteiger partial charge in [0.1, 0.15) is 30.1 Å². The van der Waals surface area contributed by atoms with Crippen molar-refractivity contribution < 1.29 is 38.1 Å². The zero-order valence-electron chi connectivity index (χ0n) is 24.9. The van der Waals surface area contributed by atoms with E-state index in [1.807, 2.05) is 30.3 Å². The van der Waals surface area contributed by atoms with E-state index in [1.54, 1.807) is 34.6 Å². The molecule has 3 fully saturated rings. The molecule has 0 unspecified atom stereocenters. The number of amides is 3. The summed E-state index contributed by atoms with van der Waals surface area (Å²) >= 11 is 0. The second-order valence-corrected chi connectivity index (χ2v) is 12.7. The average molecular weight is 573 g/mol. The molecule has 10 nitrogen and oxygen atoms in total. The first-order valence-corrected chi connectivity index (χ1v) is 14.8. The van der Waals surface area contributed by atoms with Crippen LogP contribution in [0.2, 0.25) is 0 Å². The molecule has 10 heteroatoms. The molecule has 1 aliphatic carbocycles. The largest absolute Gasteiger partial charge is 0.462 e. The summed E-state index contributed by atoms with van der Waals surface area (Å²) in [5.41, 5.74) is -0.900. The van der Waals surface area contributed by atoms with Gasteiger partial charge in [0.2, 0.25) is 5.91 Å². The molecule has 1 aromatic carbocycles. The van der Waals surface area contributed by atoms with Gasteiger partial charge in [-0.1, -0.05) is 36.8 Å². The molecular formula is C31H44N2O8. The number of cyclic esters (lactones) is 1. The average Bonchev–Trinajstić information content (AvgIpc) is 3.44. The zero-order valence-corrected chi connectivity index (χ0v) is 24.9. The van der Waals surface area contributed by atoms with Crippen molar-refractivity contribution in [3.05, 3.63) is 35.9 Å². The standard InChI is InChI=1S/C31H44N2O8/c1-30(2,3)41-29(37)33-23(19-39-31(33,4)5)18-22(16-17-26(34)40-24-14-10-7-11-15-24)27(35)32-25(20-38-28(32)36)21-12-8-6-9-13-21/h6,8-9,12-13,22-25H,7,10-11,14-20H2,1-5H3/t22-,23+,25+/m1/s1. The van der Waals surface area contributed by atoms with Crippen molar-refractivity contribution in [3.63, 3.8) is 0 Å². The van der Waals surface area contributed by atoms with Crippen LogP contribution in [0.5, 0.6) is 0 Å². The summed E-state index contributed by atoms with van der Waals surface area (Å²) in [4.78, 5) is 55.7. The molecule has 0 radical (unpaired) electrons. The predicted molar refractivity (Wildman–Crippen MR) is 150 cm³/mol. The van der Waals surface area contributed by atoms with Gasteiger partial charge in [-0.05, 0) is 78.7 Å². The highest BCUT2D eigenvalue weighted by molar-refractivity contribution is 5.95. The van der Waals surface area contributed by atoms with Crippen LogP contribution in [-0.4, -0.2) is 70.5 Å². The van der Waals surface area contributed by atoms with Crippen molar-refractivity contribution in [1.29, 1.82) is 0 Å². The second kappa shape index (κ2) is 12.8. The Bertz CT molecular complexity index is 1090. The molecule has 2 heterocycles. The highest BCUT2D eigenvalue weighted by Crippen LogP contribution is 2.36. The van der Waals surface area contributed by atoms with E-state index in [9.17, 15) is 19.2 Å². The number of imide groups is 1. The summed E-state index contributed by atoms with van der Waals surface area (Å²) in [5, 5.41) is 0. The predicted octanol–water partition coefficient (Wildman–Crippen LogP) is 5.74. The molecule has 0 bridgehead atoms. The van der Waals surface area contributed by atoms with E-state index in [0.717, 1.165) is 42.6 Å². The van der Waals surface area contributed by atoms with Crippen molar-refractivity contribution in [2.75, 3.05) is 13.2 Å². The number of hydrogen-bond donors (Lipinski definition) is 0. The van der Waals surface area contributed by atoms with Gasteiger partial charge in [-0.3, -0.25) is 14.5 Å². The SMILES string of the molecule is CC(C)(C)OC(=O)N1[C@@H](C[C@@H](CCC(=O)OC2CCCCC2)C(=O)N2C(=O)OC[C@H]2c2ccccc2)COC1(C)C. The Hall–Kier alpha value is -3.14. The van der Waals surface area contributed by atoms with E-state index >= 15 is 0 Å². The lowest BCUT2D eigenvalue weighted by Gasteiger charge is -2.36. The molecule has 2 saturated heterocycles. The summed E-state index contributed by atoms with van der Waals surface area (Å²) in [6.07, 6.45) is 3.94.